The number of anilines is 2. The molecule has 0 saturated carbocycles. The maximum atomic E-state index is 12.7. The second-order valence-electron chi connectivity index (χ2n) is 7.04. The van der Waals surface area contributed by atoms with Gasteiger partial charge in [-0.1, -0.05) is 17.7 Å². The minimum atomic E-state index is -1.09. The van der Waals surface area contributed by atoms with Gasteiger partial charge in [-0.25, -0.2) is 4.79 Å². The molecule has 2 N–H and O–H groups in total. The van der Waals surface area contributed by atoms with Crippen molar-refractivity contribution < 1.29 is 24.2 Å². The number of carbonyl (C=O) groups is 3. The molecule has 1 heterocycles. The molecular formula is C22H23ClN2O5. The maximum Gasteiger partial charge on any atom is 0.335 e. The smallest absolute Gasteiger partial charge is 0.335 e. The van der Waals surface area contributed by atoms with E-state index in [0.29, 0.717) is 41.7 Å². The highest BCUT2D eigenvalue weighted by molar-refractivity contribution is 6.31. The molecule has 0 unspecified atom stereocenters. The summed E-state index contributed by atoms with van der Waals surface area (Å²) < 4.78 is 5.15. The first-order chi connectivity index (χ1) is 14.4. The normalized spacial score (nSPS) is 16.1. The Balaban J connectivity index is 1.89. The lowest BCUT2D eigenvalue weighted by Crippen LogP contribution is -2.39. The van der Waals surface area contributed by atoms with Crippen LogP contribution in [0.15, 0.2) is 42.5 Å². The van der Waals surface area contributed by atoms with E-state index in [2.05, 4.69) is 5.32 Å². The molecule has 1 saturated heterocycles. The Bertz CT molecular complexity index is 962. The zero-order valence-electron chi connectivity index (χ0n) is 16.6. The first-order valence-electron chi connectivity index (χ1n) is 9.75. The highest BCUT2D eigenvalue weighted by Crippen LogP contribution is 2.32. The van der Waals surface area contributed by atoms with E-state index in [-0.39, 0.29) is 17.5 Å². The highest BCUT2D eigenvalue weighted by Gasteiger charge is 2.28. The average molecular weight is 431 g/mol. The summed E-state index contributed by atoms with van der Waals surface area (Å²) >= 11 is 5.97. The van der Waals surface area contributed by atoms with Crippen molar-refractivity contribution in [3.8, 4) is 0 Å². The summed E-state index contributed by atoms with van der Waals surface area (Å²) in [5.41, 5.74) is 1.44. The molecule has 2 aromatic rings. The fraction of sp³-hybridized carbons (Fsp3) is 0.318. The molecule has 7 nitrogen and oxygen atoms in total. The van der Waals surface area contributed by atoms with Gasteiger partial charge in [-0.15, -0.1) is 0 Å². The molecule has 1 atom stereocenters. The first kappa shape index (κ1) is 21.6. The van der Waals surface area contributed by atoms with E-state index in [1.165, 1.54) is 18.2 Å². The summed E-state index contributed by atoms with van der Waals surface area (Å²) in [5.74, 6) is -2.01. The van der Waals surface area contributed by atoms with Crippen LogP contribution in [0.4, 0.5) is 11.4 Å². The van der Waals surface area contributed by atoms with Crippen molar-refractivity contribution >= 4 is 40.8 Å². The van der Waals surface area contributed by atoms with Crippen LogP contribution in [-0.4, -0.2) is 42.6 Å². The standard InChI is InChI=1S/C22H23ClN2O5/c1-2-30-22(29)16-6-4-10-25(13-16)19-9-8-15(21(27)28)12-18(19)24-20(26)14-5-3-7-17(23)11-14/h3,5,7-9,11-12,16H,2,4,6,10,13H2,1H3,(H,24,26)(H,27,28)/t16-/m0/s1. The second kappa shape index (κ2) is 9.63. The quantitative estimate of drug-likeness (QED) is 0.670. The van der Waals surface area contributed by atoms with Gasteiger partial charge in [0.15, 0.2) is 0 Å². The van der Waals surface area contributed by atoms with Crippen LogP contribution in [0.5, 0.6) is 0 Å². The zero-order chi connectivity index (χ0) is 21.7. The number of hydrogen-bond acceptors (Lipinski definition) is 5. The van der Waals surface area contributed by atoms with Crippen molar-refractivity contribution in [3.05, 3.63) is 58.6 Å². The minimum absolute atomic E-state index is 0.0547. The summed E-state index contributed by atoms with van der Waals surface area (Å²) in [4.78, 5) is 38.3. The Morgan fingerprint density at radius 3 is 2.70 bits per heavy atom. The first-order valence-corrected chi connectivity index (χ1v) is 10.1. The molecule has 0 spiro atoms. The maximum absolute atomic E-state index is 12.7. The molecule has 8 heteroatoms. The number of esters is 1. The largest absolute Gasteiger partial charge is 0.478 e. The Labute approximate surface area is 179 Å². The summed E-state index contributed by atoms with van der Waals surface area (Å²) in [7, 11) is 0. The van der Waals surface area contributed by atoms with Crippen molar-refractivity contribution in [3.63, 3.8) is 0 Å². The third kappa shape index (κ3) is 5.10. The van der Waals surface area contributed by atoms with Crippen molar-refractivity contribution in [1.29, 1.82) is 0 Å². The van der Waals surface area contributed by atoms with Gasteiger partial charge in [-0.2, -0.15) is 0 Å². The molecule has 1 fully saturated rings. The van der Waals surface area contributed by atoms with Crippen molar-refractivity contribution in [2.75, 3.05) is 29.9 Å². The Morgan fingerprint density at radius 1 is 1.20 bits per heavy atom. The molecular weight excluding hydrogens is 408 g/mol. The van der Waals surface area contributed by atoms with E-state index < -0.39 is 11.9 Å². The van der Waals surface area contributed by atoms with Gasteiger partial charge in [0, 0.05) is 23.7 Å². The molecule has 30 heavy (non-hydrogen) atoms. The molecule has 2 aromatic carbocycles. The number of halogens is 1. The van der Waals surface area contributed by atoms with Crippen LogP contribution < -0.4 is 10.2 Å². The van der Waals surface area contributed by atoms with E-state index >= 15 is 0 Å². The zero-order valence-corrected chi connectivity index (χ0v) is 17.3. The molecule has 0 bridgehead atoms. The predicted molar refractivity (Wildman–Crippen MR) is 114 cm³/mol. The Morgan fingerprint density at radius 2 is 2.00 bits per heavy atom. The number of aromatic carboxylic acids is 1. The van der Waals surface area contributed by atoms with Gasteiger partial charge in [0.05, 0.1) is 29.5 Å². The molecule has 158 valence electrons. The van der Waals surface area contributed by atoms with Crippen LogP contribution in [0.25, 0.3) is 0 Å². The molecule has 1 amide bonds. The van der Waals surface area contributed by atoms with Gasteiger partial charge in [0.2, 0.25) is 0 Å². The van der Waals surface area contributed by atoms with E-state index in [1.807, 2.05) is 4.90 Å². The SMILES string of the molecule is CCOC(=O)[C@H]1CCCN(c2ccc(C(=O)O)cc2NC(=O)c2cccc(Cl)c2)C1. The number of ether oxygens (including phenoxy) is 1. The predicted octanol–water partition coefficient (Wildman–Crippen LogP) is 4.07. The van der Waals surface area contributed by atoms with Crippen LogP contribution in [-0.2, 0) is 9.53 Å². The number of nitrogens with one attached hydrogen (secondary N) is 1. The topological polar surface area (TPSA) is 95.9 Å². The van der Waals surface area contributed by atoms with Gasteiger partial charge in [-0.05, 0) is 56.2 Å². The van der Waals surface area contributed by atoms with E-state index in [1.54, 1.807) is 31.2 Å². The number of nitrogens with zero attached hydrogens (tertiary/aromatic N) is 1. The van der Waals surface area contributed by atoms with E-state index in [0.717, 1.165) is 12.8 Å². The molecule has 3 rings (SSSR count). The summed E-state index contributed by atoms with van der Waals surface area (Å²) in [5, 5.41) is 12.6. The molecule has 0 radical (unpaired) electrons. The Kier molecular flexibility index (Phi) is 6.95. The fourth-order valence-corrected chi connectivity index (χ4v) is 3.71. The minimum Gasteiger partial charge on any atom is -0.478 e. The second-order valence-corrected chi connectivity index (χ2v) is 7.48. The van der Waals surface area contributed by atoms with Crippen LogP contribution in [0.1, 0.15) is 40.5 Å². The number of carboxylic acid groups (broad SMARTS) is 1. The van der Waals surface area contributed by atoms with Crippen molar-refractivity contribution in [2.24, 2.45) is 5.92 Å². The van der Waals surface area contributed by atoms with E-state index in [9.17, 15) is 19.5 Å². The van der Waals surface area contributed by atoms with Crippen LogP contribution in [0, 0.1) is 5.92 Å². The average Bonchev–Trinajstić information content (AvgIpc) is 2.74. The number of benzene rings is 2. The highest BCUT2D eigenvalue weighted by atomic mass is 35.5. The monoisotopic (exact) mass is 430 g/mol. The number of amides is 1. The summed E-state index contributed by atoms with van der Waals surface area (Å²) in [6.07, 6.45) is 1.51. The van der Waals surface area contributed by atoms with Crippen LogP contribution in [0.2, 0.25) is 5.02 Å². The lowest BCUT2D eigenvalue weighted by atomic mass is 9.97. The van der Waals surface area contributed by atoms with Gasteiger partial charge in [0.25, 0.3) is 5.91 Å². The lowest BCUT2D eigenvalue weighted by molar-refractivity contribution is -0.148. The third-order valence-corrected chi connectivity index (χ3v) is 5.20. The fourth-order valence-electron chi connectivity index (χ4n) is 3.52. The molecule has 0 aliphatic carbocycles. The number of piperidine rings is 1. The lowest BCUT2D eigenvalue weighted by Gasteiger charge is -2.34. The summed E-state index contributed by atoms with van der Waals surface area (Å²) in [6, 6.07) is 11.1. The van der Waals surface area contributed by atoms with Gasteiger partial charge >= 0.3 is 11.9 Å². The van der Waals surface area contributed by atoms with Crippen molar-refractivity contribution in [1.82, 2.24) is 0 Å². The van der Waals surface area contributed by atoms with Gasteiger partial charge in [-0.3, -0.25) is 9.59 Å². The van der Waals surface area contributed by atoms with Crippen LogP contribution in [0.3, 0.4) is 0 Å². The Hall–Kier alpha value is -3.06. The molecule has 1 aliphatic heterocycles. The van der Waals surface area contributed by atoms with Gasteiger partial charge in [0.1, 0.15) is 0 Å². The van der Waals surface area contributed by atoms with Crippen molar-refractivity contribution in [2.45, 2.75) is 19.8 Å². The number of carbonyl (C=O) groups excluding carboxylic acids is 2. The summed E-state index contributed by atoms with van der Waals surface area (Å²) in [6.45, 7) is 3.21. The van der Waals surface area contributed by atoms with Crippen LogP contribution >= 0.6 is 11.6 Å². The molecule has 1 aliphatic rings. The number of carboxylic acids is 1. The van der Waals surface area contributed by atoms with Gasteiger partial charge < -0.3 is 20.1 Å². The number of rotatable bonds is 6. The number of hydrogen-bond donors (Lipinski definition) is 2. The molecule has 0 aromatic heterocycles. The third-order valence-electron chi connectivity index (χ3n) is 4.96. The van der Waals surface area contributed by atoms with E-state index in [4.69, 9.17) is 16.3 Å².